The van der Waals surface area contributed by atoms with Crippen molar-refractivity contribution in [3.63, 3.8) is 0 Å². The Hall–Kier alpha value is -1.84. The van der Waals surface area contributed by atoms with Crippen LogP contribution in [0.4, 0.5) is 0 Å². The fraction of sp³-hybridized carbons (Fsp3) is 0.0667. The average molecular weight is 306 g/mol. The third kappa shape index (κ3) is 1.82. The van der Waals surface area contributed by atoms with Gasteiger partial charge < -0.3 is 4.98 Å². The van der Waals surface area contributed by atoms with Crippen molar-refractivity contribution in [2.75, 3.05) is 0 Å². The fourth-order valence-electron chi connectivity index (χ4n) is 2.34. The quantitative estimate of drug-likeness (QED) is 0.817. The van der Waals surface area contributed by atoms with E-state index in [0.29, 0.717) is 5.56 Å². The number of aryl methyl sites for hydroxylation is 1. The Bertz CT molecular complexity index is 828. The molecule has 0 bridgehead atoms. The Kier molecular flexibility index (Phi) is 3.04. The van der Waals surface area contributed by atoms with Crippen LogP contribution in [0.25, 0.3) is 16.5 Å². The number of carbonyl (C=O) groups excluding carboxylic acids is 2. The number of carbonyl (C=O) groups is 2. The Labute approximate surface area is 124 Å². The monoisotopic (exact) mass is 305 g/mol. The van der Waals surface area contributed by atoms with Crippen molar-refractivity contribution in [2.45, 2.75) is 6.92 Å². The van der Waals surface area contributed by atoms with Gasteiger partial charge >= 0.3 is 0 Å². The normalized spacial score (nSPS) is 16.1. The predicted octanol–water partition coefficient (Wildman–Crippen LogP) is 3.70. The molecule has 3 nitrogen and oxygen atoms in total. The number of halogens is 2. The zero-order chi connectivity index (χ0) is 14.4. The van der Waals surface area contributed by atoms with E-state index in [1.807, 2.05) is 25.1 Å². The van der Waals surface area contributed by atoms with Gasteiger partial charge in [0.05, 0.1) is 15.6 Å². The number of rotatable bonds is 1. The van der Waals surface area contributed by atoms with Crippen LogP contribution in [0.3, 0.4) is 0 Å². The van der Waals surface area contributed by atoms with E-state index < -0.39 is 11.6 Å². The van der Waals surface area contributed by atoms with E-state index in [-0.39, 0.29) is 15.6 Å². The van der Waals surface area contributed by atoms with E-state index >= 15 is 0 Å². The van der Waals surface area contributed by atoms with Gasteiger partial charge in [0.15, 0.2) is 5.78 Å². The number of ketones is 2. The molecule has 1 aliphatic rings. The predicted molar refractivity (Wildman–Crippen MR) is 79.8 cm³/mol. The van der Waals surface area contributed by atoms with Crippen LogP contribution in [-0.2, 0) is 9.59 Å². The topological polar surface area (TPSA) is 49.9 Å². The molecule has 1 aromatic carbocycles. The molecule has 0 amide bonds. The SMILES string of the molecule is Cc1cccc2c(C3=C(Cl)C(=O)C=C(Cl)C3=O)c[nH]c12. The van der Waals surface area contributed by atoms with Gasteiger partial charge in [0.2, 0.25) is 5.78 Å². The van der Waals surface area contributed by atoms with E-state index in [9.17, 15) is 9.59 Å². The van der Waals surface area contributed by atoms with Gasteiger partial charge in [0.1, 0.15) is 0 Å². The van der Waals surface area contributed by atoms with Crippen LogP contribution in [0.15, 0.2) is 40.5 Å². The first-order chi connectivity index (χ1) is 9.50. The molecule has 1 N–H and O–H groups in total. The van der Waals surface area contributed by atoms with E-state index in [0.717, 1.165) is 22.5 Å². The molecule has 0 unspecified atom stereocenters. The molecule has 5 heteroatoms. The first-order valence-corrected chi connectivity index (χ1v) is 6.69. The number of allylic oxidation sites excluding steroid dienone is 4. The molecule has 1 aliphatic carbocycles. The standard InChI is InChI=1S/C15H9Cl2NO2/c1-7-3-2-4-8-9(6-18-14(7)8)12-13(17)11(19)5-10(16)15(12)20/h2-6,18H,1H3. The van der Waals surface area contributed by atoms with E-state index in [4.69, 9.17) is 23.2 Å². The number of hydrogen-bond donors (Lipinski definition) is 1. The summed E-state index contributed by atoms with van der Waals surface area (Å²) in [4.78, 5) is 27.1. The molecule has 0 radical (unpaired) electrons. The van der Waals surface area contributed by atoms with Crippen LogP contribution >= 0.6 is 23.2 Å². The maximum Gasteiger partial charge on any atom is 0.206 e. The van der Waals surface area contributed by atoms with Gasteiger partial charge in [-0.15, -0.1) is 0 Å². The lowest BCUT2D eigenvalue weighted by molar-refractivity contribution is -0.113. The Balaban J connectivity index is 2.30. The summed E-state index contributed by atoms with van der Waals surface area (Å²) in [5.41, 5.74) is 2.70. The number of fused-ring (bicyclic) bond motifs is 1. The molecule has 0 aliphatic heterocycles. The smallest absolute Gasteiger partial charge is 0.206 e. The van der Waals surface area contributed by atoms with Crippen LogP contribution < -0.4 is 0 Å². The molecular formula is C15H9Cl2NO2. The molecular weight excluding hydrogens is 297 g/mol. The van der Waals surface area contributed by atoms with Crippen molar-refractivity contribution in [3.05, 3.63) is 51.7 Å². The molecule has 100 valence electrons. The number of aromatic nitrogens is 1. The van der Waals surface area contributed by atoms with Crippen LogP contribution in [0, 0.1) is 6.92 Å². The highest BCUT2D eigenvalue weighted by Gasteiger charge is 2.29. The Morgan fingerprint density at radius 3 is 2.65 bits per heavy atom. The highest BCUT2D eigenvalue weighted by atomic mass is 35.5. The molecule has 2 aromatic rings. The van der Waals surface area contributed by atoms with Crippen LogP contribution in [0.2, 0.25) is 0 Å². The van der Waals surface area contributed by atoms with Crippen molar-refractivity contribution in [3.8, 4) is 0 Å². The number of Topliss-reactive ketones (excluding diaryl/α,β-unsaturated/α-hetero) is 1. The summed E-state index contributed by atoms with van der Waals surface area (Å²) in [5.74, 6) is -0.882. The number of H-pyrrole nitrogens is 1. The summed E-state index contributed by atoms with van der Waals surface area (Å²) < 4.78 is 0. The van der Waals surface area contributed by atoms with Crippen molar-refractivity contribution in [1.82, 2.24) is 4.98 Å². The summed E-state index contributed by atoms with van der Waals surface area (Å²) in [6, 6.07) is 5.71. The lowest BCUT2D eigenvalue weighted by Crippen LogP contribution is -2.13. The molecule has 0 fully saturated rings. The minimum atomic E-state index is -0.451. The summed E-state index contributed by atoms with van der Waals surface area (Å²) in [5, 5.41) is 0.629. The van der Waals surface area contributed by atoms with Gasteiger partial charge in [0.25, 0.3) is 0 Å². The van der Waals surface area contributed by atoms with Crippen molar-refractivity contribution >= 4 is 51.2 Å². The Morgan fingerprint density at radius 1 is 1.15 bits per heavy atom. The first kappa shape index (κ1) is 13.2. The number of aromatic amines is 1. The zero-order valence-electron chi connectivity index (χ0n) is 10.5. The molecule has 0 saturated heterocycles. The molecule has 0 spiro atoms. The third-order valence-electron chi connectivity index (χ3n) is 3.33. The zero-order valence-corrected chi connectivity index (χ0v) is 12.0. The second-order valence-electron chi connectivity index (χ2n) is 4.57. The molecule has 1 heterocycles. The van der Waals surface area contributed by atoms with Crippen molar-refractivity contribution < 1.29 is 9.59 Å². The highest BCUT2D eigenvalue weighted by molar-refractivity contribution is 6.62. The number of para-hydroxylation sites is 1. The number of benzene rings is 1. The summed E-state index contributed by atoms with van der Waals surface area (Å²) in [6.07, 6.45) is 2.73. The van der Waals surface area contributed by atoms with Gasteiger partial charge in [-0.3, -0.25) is 9.59 Å². The fourth-order valence-corrected chi connectivity index (χ4v) is 2.78. The average Bonchev–Trinajstić information content (AvgIpc) is 2.83. The van der Waals surface area contributed by atoms with Crippen LogP contribution in [0.5, 0.6) is 0 Å². The lowest BCUT2D eigenvalue weighted by atomic mass is 9.95. The summed E-state index contributed by atoms with van der Waals surface area (Å²) in [7, 11) is 0. The molecule has 0 atom stereocenters. The second kappa shape index (κ2) is 4.62. The van der Waals surface area contributed by atoms with Gasteiger partial charge in [0, 0.05) is 28.7 Å². The van der Waals surface area contributed by atoms with E-state index in [1.54, 1.807) is 6.20 Å². The van der Waals surface area contributed by atoms with E-state index in [1.165, 1.54) is 0 Å². The molecule has 3 rings (SSSR count). The maximum atomic E-state index is 12.2. The van der Waals surface area contributed by atoms with Crippen molar-refractivity contribution in [1.29, 1.82) is 0 Å². The van der Waals surface area contributed by atoms with Crippen LogP contribution in [-0.4, -0.2) is 16.6 Å². The highest BCUT2D eigenvalue weighted by Crippen LogP contribution is 2.35. The number of hydrogen-bond acceptors (Lipinski definition) is 2. The van der Waals surface area contributed by atoms with Gasteiger partial charge in [-0.2, -0.15) is 0 Å². The maximum absolute atomic E-state index is 12.2. The van der Waals surface area contributed by atoms with Gasteiger partial charge in [-0.25, -0.2) is 0 Å². The number of nitrogens with one attached hydrogen (secondary N) is 1. The second-order valence-corrected chi connectivity index (χ2v) is 5.36. The summed E-state index contributed by atoms with van der Waals surface area (Å²) in [6.45, 7) is 1.96. The summed E-state index contributed by atoms with van der Waals surface area (Å²) >= 11 is 11.8. The largest absolute Gasteiger partial charge is 0.360 e. The van der Waals surface area contributed by atoms with Crippen molar-refractivity contribution in [2.24, 2.45) is 0 Å². The molecule has 20 heavy (non-hydrogen) atoms. The third-order valence-corrected chi connectivity index (χ3v) is 3.99. The first-order valence-electron chi connectivity index (χ1n) is 5.93. The minimum absolute atomic E-state index is 0.0955. The minimum Gasteiger partial charge on any atom is -0.360 e. The lowest BCUT2D eigenvalue weighted by Gasteiger charge is -2.11. The molecule has 0 saturated carbocycles. The van der Waals surface area contributed by atoms with Gasteiger partial charge in [-0.05, 0) is 12.5 Å². The Morgan fingerprint density at radius 2 is 1.90 bits per heavy atom. The van der Waals surface area contributed by atoms with Crippen LogP contribution in [0.1, 0.15) is 11.1 Å². The van der Waals surface area contributed by atoms with E-state index in [2.05, 4.69) is 4.98 Å². The molecule has 1 aromatic heterocycles. The van der Waals surface area contributed by atoms with Gasteiger partial charge in [-0.1, -0.05) is 41.4 Å².